The maximum atomic E-state index is 14.3. The number of nitrogens with one attached hydrogen (secondary N) is 2. The zero-order valence-electron chi connectivity index (χ0n) is 22.2. The molecule has 2 fully saturated rings. The smallest absolute Gasteiger partial charge is 0.332 e. The van der Waals surface area contributed by atoms with Crippen LogP contribution in [0.5, 0.6) is 5.75 Å². The number of nitrogens with zero attached hydrogens (tertiary/aromatic N) is 2. The number of carbonyl (C=O) groups excluding carboxylic acids is 3. The van der Waals surface area contributed by atoms with Crippen LogP contribution in [0.25, 0.3) is 10.9 Å². The van der Waals surface area contributed by atoms with Crippen LogP contribution in [0.2, 0.25) is 0 Å². The molecule has 3 heterocycles. The van der Waals surface area contributed by atoms with E-state index in [9.17, 15) is 14.4 Å². The summed E-state index contributed by atoms with van der Waals surface area (Å²) in [5.41, 5.74) is 4.37. The Morgan fingerprint density at radius 1 is 0.975 bits per heavy atom. The van der Waals surface area contributed by atoms with Crippen LogP contribution in [-0.2, 0) is 11.2 Å². The zero-order valence-corrected chi connectivity index (χ0v) is 22.2. The minimum Gasteiger partial charge on any atom is -0.497 e. The number of H-pyrrole nitrogens is 1. The predicted octanol–water partition coefficient (Wildman–Crippen LogP) is 5.33. The van der Waals surface area contributed by atoms with Gasteiger partial charge in [-0.1, -0.05) is 55.3 Å². The van der Waals surface area contributed by atoms with Gasteiger partial charge in [0.2, 0.25) is 0 Å². The second kappa shape index (κ2) is 9.55. The first kappa shape index (κ1) is 24.5. The quantitative estimate of drug-likeness (QED) is 0.338. The molecule has 40 heavy (non-hydrogen) atoms. The van der Waals surface area contributed by atoms with Crippen molar-refractivity contribution in [2.75, 3.05) is 12.0 Å². The first-order chi connectivity index (χ1) is 19.5. The van der Waals surface area contributed by atoms with Gasteiger partial charge in [-0.2, -0.15) is 0 Å². The van der Waals surface area contributed by atoms with Crippen LogP contribution in [0.4, 0.5) is 10.5 Å². The normalized spacial score (nSPS) is 20.6. The third-order valence-electron chi connectivity index (χ3n) is 8.54. The minimum absolute atomic E-state index is 0.118. The van der Waals surface area contributed by atoms with Crippen LogP contribution >= 0.6 is 0 Å². The van der Waals surface area contributed by atoms with E-state index in [0.717, 1.165) is 53.4 Å². The Balaban J connectivity index is 1.33. The molecular formula is C32H30N4O4. The van der Waals surface area contributed by atoms with Gasteiger partial charge in [-0.25, -0.2) is 9.69 Å². The molecule has 3 aromatic carbocycles. The molecule has 4 aromatic rings. The summed E-state index contributed by atoms with van der Waals surface area (Å²) in [6.45, 7) is 0. The molecule has 202 valence electrons. The van der Waals surface area contributed by atoms with E-state index in [4.69, 9.17) is 4.74 Å². The average molecular weight is 535 g/mol. The predicted molar refractivity (Wildman–Crippen MR) is 152 cm³/mol. The van der Waals surface area contributed by atoms with Gasteiger partial charge in [0.1, 0.15) is 17.8 Å². The van der Waals surface area contributed by atoms with Crippen molar-refractivity contribution in [2.24, 2.45) is 0 Å². The molecule has 1 saturated heterocycles. The molecule has 3 aliphatic rings. The van der Waals surface area contributed by atoms with E-state index in [2.05, 4.69) is 10.3 Å². The van der Waals surface area contributed by atoms with Gasteiger partial charge >= 0.3 is 6.03 Å². The number of hydrogen-bond donors (Lipinski definition) is 2. The Labute approximate surface area is 231 Å². The number of imide groups is 1. The Morgan fingerprint density at radius 3 is 2.58 bits per heavy atom. The SMILES string of the molecule is COc1cccc([C@@H]2c3[nH]c4ccccc4c3C[C@H]3C(=O)N(c4ccccc4C(=O)NC4CCCC4)C(=O)N23)c1. The van der Waals surface area contributed by atoms with Gasteiger partial charge in [0, 0.05) is 29.1 Å². The molecule has 1 aromatic heterocycles. The van der Waals surface area contributed by atoms with Crippen LogP contribution in [0.15, 0.2) is 72.8 Å². The number of hydrogen-bond acceptors (Lipinski definition) is 4. The number of ether oxygens (including phenoxy) is 1. The van der Waals surface area contributed by atoms with E-state index >= 15 is 0 Å². The topological polar surface area (TPSA) is 94.7 Å². The van der Waals surface area contributed by atoms with Crippen LogP contribution in [0.3, 0.4) is 0 Å². The molecule has 2 atom stereocenters. The molecule has 8 nitrogen and oxygen atoms in total. The highest BCUT2D eigenvalue weighted by molar-refractivity contribution is 6.24. The summed E-state index contributed by atoms with van der Waals surface area (Å²) in [6, 6.07) is 21.0. The lowest BCUT2D eigenvalue weighted by atomic mass is 9.89. The Morgan fingerprint density at radius 2 is 1.75 bits per heavy atom. The lowest BCUT2D eigenvalue weighted by Gasteiger charge is -2.36. The first-order valence-electron chi connectivity index (χ1n) is 13.8. The van der Waals surface area contributed by atoms with Crippen molar-refractivity contribution in [3.05, 3.63) is 95.2 Å². The highest BCUT2D eigenvalue weighted by atomic mass is 16.5. The van der Waals surface area contributed by atoms with Gasteiger partial charge in [-0.3, -0.25) is 14.5 Å². The number of amides is 4. The number of benzene rings is 3. The lowest BCUT2D eigenvalue weighted by Crippen LogP contribution is -2.44. The number of aromatic nitrogens is 1. The summed E-state index contributed by atoms with van der Waals surface area (Å²) >= 11 is 0. The van der Waals surface area contributed by atoms with E-state index in [1.54, 1.807) is 36.3 Å². The van der Waals surface area contributed by atoms with Gasteiger partial charge in [0.25, 0.3) is 11.8 Å². The van der Waals surface area contributed by atoms with E-state index in [0.29, 0.717) is 23.4 Å². The largest absolute Gasteiger partial charge is 0.497 e. The summed E-state index contributed by atoms with van der Waals surface area (Å²) in [4.78, 5) is 48.2. The molecule has 4 amide bonds. The number of anilines is 1. The summed E-state index contributed by atoms with van der Waals surface area (Å²) in [5.74, 6) is 0.0875. The molecular weight excluding hydrogens is 504 g/mol. The first-order valence-corrected chi connectivity index (χ1v) is 13.8. The van der Waals surface area contributed by atoms with Crippen molar-refractivity contribution in [3.63, 3.8) is 0 Å². The second-order valence-corrected chi connectivity index (χ2v) is 10.8. The van der Waals surface area contributed by atoms with Crippen molar-refractivity contribution >= 4 is 34.4 Å². The van der Waals surface area contributed by atoms with Gasteiger partial charge in [0.15, 0.2) is 0 Å². The Bertz CT molecular complexity index is 1650. The fourth-order valence-corrected chi connectivity index (χ4v) is 6.65. The van der Waals surface area contributed by atoms with Gasteiger partial charge in [-0.05, 0) is 54.3 Å². The van der Waals surface area contributed by atoms with Crippen molar-refractivity contribution in [1.29, 1.82) is 0 Å². The summed E-state index contributed by atoms with van der Waals surface area (Å²) < 4.78 is 5.50. The zero-order chi connectivity index (χ0) is 27.4. The standard InChI is InChI=1S/C32H30N4O4/c1-40-21-12-8-9-19(17-21)29-28-24(22-13-4-6-15-25(22)34-28)18-27-31(38)36(32(39)35(27)29)26-16-7-5-14-23(26)30(37)33-20-10-2-3-11-20/h4-9,12-17,20,27,29,34H,2-3,10-11,18H2,1H3,(H,33,37)/t27-,29+/m0/s1. The maximum Gasteiger partial charge on any atom is 0.332 e. The number of fused-ring (bicyclic) bond motifs is 4. The van der Waals surface area contributed by atoms with Crippen LogP contribution < -0.4 is 15.0 Å². The number of methoxy groups -OCH3 is 1. The average Bonchev–Trinajstić information content (AvgIpc) is 3.69. The minimum atomic E-state index is -0.707. The molecule has 1 saturated carbocycles. The molecule has 2 N–H and O–H groups in total. The van der Waals surface area contributed by atoms with Crippen molar-refractivity contribution < 1.29 is 19.1 Å². The van der Waals surface area contributed by atoms with Crippen molar-refractivity contribution in [1.82, 2.24) is 15.2 Å². The maximum absolute atomic E-state index is 14.3. The van der Waals surface area contributed by atoms with Crippen molar-refractivity contribution in [3.8, 4) is 5.75 Å². The van der Waals surface area contributed by atoms with E-state index in [1.807, 2.05) is 48.5 Å². The third kappa shape index (κ3) is 3.78. The molecule has 0 bridgehead atoms. The fraction of sp³-hybridized carbons (Fsp3) is 0.281. The molecule has 7 rings (SSSR count). The number of aromatic amines is 1. The summed E-state index contributed by atoms with van der Waals surface area (Å²) in [5, 5.41) is 4.15. The number of carbonyl (C=O) groups is 3. The second-order valence-electron chi connectivity index (χ2n) is 10.8. The van der Waals surface area contributed by atoms with Crippen molar-refractivity contribution in [2.45, 2.75) is 50.2 Å². The summed E-state index contributed by atoms with van der Waals surface area (Å²) in [7, 11) is 1.61. The van der Waals surface area contributed by atoms with Crippen LogP contribution in [-0.4, -0.2) is 46.9 Å². The fourth-order valence-electron chi connectivity index (χ4n) is 6.65. The van der Waals surface area contributed by atoms with Crippen LogP contribution in [0.1, 0.15) is 58.9 Å². The summed E-state index contributed by atoms with van der Waals surface area (Å²) in [6.07, 6.45) is 4.45. The number of para-hydroxylation sites is 2. The molecule has 8 heteroatoms. The van der Waals surface area contributed by atoms with E-state index < -0.39 is 18.1 Å². The number of urea groups is 1. The lowest BCUT2D eigenvalue weighted by molar-refractivity contribution is -0.120. The highest BCUT2D eigenvalue weighted by Crippen LogP contribution is 2.45. The number of rotatable bonds is 5. The highest BCUT2D eigenvalue weighted by Gasteiger charge is 2.53. The Hall–Kier alpha value is -4.59. The Kier molecular flexibility index (Phi) is 5.84. The van der Waals surface area contributed by atoms with Gasteiger partial charge < -0.3 is 15.0 Å². The monoisotopic (exact) mass is 534 g/mol. The van der Waals surface area contributed by atoms with E-state index in [1.165, 1.54) is 4.90 Å². The molecule has 0 radical (unpaired) electrons. The van der Waals surface area contributed by atoms with Crippen LogP contribution in [0, 0.1) is 0 Å². The van der Waals surface area contributed by atoms with Gasteiger partial charge in [-0.15, -0.1) is 0 Å². The van der Waals surface area contributed by atoms with Gasteiger partial charge in [0.05, 0.1) is 18.4 Å². The molecule has 2 aliphatic heterocycles. The molecule has 0 spiro atoms. The third-order valence-corrected chi connectivity index (χ3v) is 8.54. The molecule has 1 aliphatic carbocycles. The molecule has 0 unspecified atom stereocenters. The van der Waals surface area contributed by atoms with E-state index in [-0.39, 0.29) is 17.9 Å².